The van der Waals surface area contributed by atoms with Crippen LogP contribution in [-0.4, -0.2) is 53.6 Å². The first-order valence-electron chi connectivity index (χ1n) is 8.96. The Labute approximate surface area is 161 Å². The molecule has 142 valence electrons. The fraction of sp³-hybridized carbons (Fsp3) is 0.421. The van der Waals surface area contributed by atoms with Crippen LogP contribution in [0.5, 0.6) is 0 Å². The molecule has 1 spiro atoms. The zero-order chi connectivity index (χ0) is 19.0. The summed E-state index contributed by atoms with van der Waals surface area (Å²) in [5.74, 6) is -0.369. The quantitative estimate of drug-likeness (QED) is 0.841. The highest BCUT2D eigenvalue weighted by Crippen LogP contribution is 2.44. The Bertz CT molecular complexity index is 887. The number of carbonyl (C=O) groups excluding carboxylic acids is 1. The van der Waals surface area contributed by atoms with Crippen molar-refractivity contribution in [3.8, 4) is 0 Å². The summed E-state index contributed by atoms with van der Waals surface area (Å²) in [4.78, 5) is 31.8. The molecule has 0 radical (unpaired) electrons. The van der Waals surface area contributed by atoms with Crippen LogP contribution in [0, 0.1) is 0 Å². The molecule has 1 amide bonds. The van der Waals surface area contributed by atoms with Crippen molar-refractivity contribution in [1.29, 1.82) is 0 Å². The minimum atomic E-state index is -0.895. The number of likely N-dealkylation sites (tertiary alicyclic amines) is 1. The SMILES string of the molecule is CNc1ncccc1C(=O)N1CCC2(CC1)OCCc1sc(C(=O)O)cc12. The Morgan fingerprint density at radius 1 is 1.37 bits per heavy atom. The maximum absolute atomic E-state index is 12.9. The molecule has 4 heterocycles. The van der Waals surface area contributed by atoms with Gasteiger partial charge in [0.1, 0.15) is 10.7 Å². The van der Waals surface area contributed by atoms with Crippen LogP contribution in [0.1, 0.15) is 43.3 Å². The molecule has 4 rings (SSSR count). The normalized spacial score (nSPS) is 18.2. The van der Waals surface area contributed by atoms with E-state index in [0.29, 0.717) is 48.8 Å². The summed E-state index contributed by atoms with van der Waals surface area (Å²) in [7, 11) is 1.75. The number of aromatic carboxylic acids is 1. The third-order valence-electron chi connectivity index (χ3n) is 5.35. The van der Waals surface area contributed by atoms with Gasteiger partial charge in [0, 0.05) is 37.6 Å². The average molecular weight is 387 g/mol. The second-order valence-electron chi connectivity index (χ2n) is 6.79. The third-order valence-corrected chi connectivity index (χ3v) is 6.53. The first kappa shape index (κ1) is 17.9. The minimum absolute atomic E-state index is 0.0464. The van der Waals surface area contributed by atoms with E-state index < -0.39 is 11.6 Å². The number of carboxylic acid groups (broad SMARTS) is 1. The van der Waals surface area contributed by atoms with E-state index in [2.05, 4.69) is 10.3 Å². The summed E-state index contributed by atoms with van der Waals surface area (Å²) in [5.41, 5.74) is 1.08. The zero-order valence-electron chi connectivity index (χ0n) is 15.0. The number of pyridine rings is 1. The fourth-order valence-electron chi connectivity index (χ4n) is 3.95. The smallest absolute Gasteiger partial charge is 0.345 e. The van der Waals surface area contributed by atoms with Crippen molar-refractivity contribution in [2.24, 2.45) is 0 Å². The molecule has 1 saturated heterocycles. The maximum Gasteiger partial charge on any atom is 0.345 e. The van der Waals surface area contributed by atoms with Crippen molar-refractivity contribution >= 4 is 29.0 Å². The molecule has 2 aromatic rings. The van der Waals surface area contributed by atoms with Gasteiger partial charge in [-0.2, -0.15) is 0 Å². The van der Waals surface area contributed by atoms with Crippen molar-refractivity contribution in [2.45, 2.75) is 24.9 Å². The molecule has 2 aliphatic heterocycles. The lowest BCUT2D eigenvalue weighted by atomic mass is 9.82. The molecule has 27 heavy (non-hydrogen) atoms. The van der Waals surface area contributed by atoms with Gasteiger partial charge in [-0.15, -0.1) is 11.3 Å². The number of ether oxygens (including phenoxy) is 1. The molecule has 0 aliphatic carbocycles. The number of anilines is 1. The highest BCUT2D eigenvalue weighted by Gasteiger charge is 2.43. The van der Waals surface area contributed by atoms with E-state index in [9.17, 15) is 14.7 Å². The van der Waals surface area contributed by atoms with Crippen molar-refractivity contribution < 1.29 is 19.4 Å². The van der Waals surface area contributed by atoms with E-state index in [-0.39, 0.29) is 5.91 Å². The lowest BCUT2D eigenvalue weighted by Gasteiger charge is -2.44. The van der Waals surface area contributed by atoms with Crippen LogP contribution in [0.2, 0.25) is 0 Å². The van der Waals surface area contributed by atoms with Gasteiger partial charge in [-0.1, -0.05) is 0 Å². The van der Waals surface area contributed by atoms with Gasteiger partial charge in [-0.3, -0.25) is 4.79 Å². The fourth-order valence-corrected chi connectivity index (χ4v) is 5.02. The molecule has 2 aromatic heterocycles. The number of fused-ring (bicyclic) bond motifs is 2. The summed E-state index contributed by atoms with van der Waals surface area (Å²) in [5, 5.41) is 12.3. The van der Waals surface area contributed by atoms with Gasteiger partial charge < -0.3 is 20.1 Å². The summed E-state index contributed by atoms with van der Waals surface area (Å²) >= 11 is 1.34. The Hall–Kier alpha value is -2.45. The number of carbonyl (C=O) groups is 2. The van der Waals surface area contributed by atoms with Crippen molar-refractivity contribution in [3.05, 3.63) is 45.3 Å². The van der Waals surface area contributed by atoms with E-state index in [4.69, 9.17) is 4.74 Å². The first-order chi connectivity index (χ1) is 13.0. The van der Waals surface area contributed by atoms with E-state index in [1.165, 1.54) is 11.3 Å². The third kappa shape index (κ3) is 3.08. The number of aromatic nitrogens is 1. The number of amides is 1. The largest absolute Gasteiger partial charge is 0.477 e. The lowest BCUT2D eigenvalue weighted by molar-refractivity contribution is -0.0926. The Morgan fingerprint density at radius 2 is 2.15 bits per heavy atom. The number of nitrogens with zero attached hydrogens (tertiary/aromatic N) is 2. The lowest BCUT2D eigenvalue weighted by Crippen LogP contribution is -2.48. The predicted molar refractivity (Wildman–Crippen MR) is 102 cm³/mol. The van der Waals surface area contributed by atoms with Gasteiger partial charge in [0.2, 0.25) is 0 Å². The molecule has 0 unspecified atom stereocenters. The van der Waals surface area contributed by atoms with Gasteiger partial charge in [0.15, 0.2) is 0 Å². The van der Waals surface area contributed by atoms with Crippen LogP contribution in [0.4, 0.5) is 5.82 Å². The first-order valence-corrected chi connectivity index (χ1v) is 9.78. The minimum Gasteiger partial charge on any atom is -0.477 e. The summed E-state index contributed by atoms with van der Waals surface area (Å²) in [6, 6.07) is 5.30. The number of nitrogens with one attached hydrogen (secondary N) is 1. The van der Waals surface area contributed by atoms with Crippen LogP contribution in [0.25, 0.3) is 0 Å². The van der Waals surface area contributed by atoms with E-state index in [1.54, 1.807) is 31.4 Å². The van der Waals surface area contributed by atoms with Crippen LogP contribution in [0.15, 0.2) is 24.4 Å². The maximum atomic E-state index is 12.9. The van der Waals surface area contributed by atoms with E-state index in [1.807, 2.05) is 4.90 Å². The van der Waals surface area contributed by atoms with Gasteiger partial charge in [0.25, 0.3) is 5.91 Å². The second-order valence-corrected chi connectivity index (χ2v) is 7.92. The molecule has 0 saturated carbocycles. The number of hydrogen-bond acceptors (Lipinski definition) is 6. The monoisotopic (exact) mass is 387 g/mol. The average Bonchev–Trinajstić information content (AvgIpc) is 3.14. The van der Waals surface area contributed by atoms with Gasteiger partial charge in [-0.25, -0.2) is 9.78 Å². The Kier molecular flexibility index (Phi) is 4.61. The molecule has 8 heteroatoms. The topological polar surface area (TPSA) is 91.8 Å². The molecular formula is C19H21N3O4S. The number of rotatable bonds is 3. The summed E-state index contributed by atoms with van der Waals surface area (Å²) in [6.07, 6.45) is 3.73. The molecule has 7 nitrogen and oxygen atoms in total. The number of hydrogen-bond donors (Lipinski definition) is 2. The summed E-state index contributed by atoms with van der Waals surface area (Å²) < 4.78 is 6.16. The van der Waals surface area contributed by atoms with Gasteiger partial charge >= 0.3 is 5.97 Å². The van der Waals surface area contributed by atoms with Crippen molar-refractivity contribution in [3.63, 3.8) is 0 Å². The number of thiophene rings is 1. The van der Waals surface area contributed by atoms with Crippen LogP contribution >= 0.6 is 11.3 Å². The van der Waals surface area contributed by atoms with Crippen LogP contribution in [-0.2, 0) is 16.8 Å². The van der Waals surface area contributed by atoms with Crippen LogP contribution in [0.3, 0.4) is 0 Å². The van der Waals surface area contributed by atoms with Gasteiger partial charge in [0.05, 0.1) is 17.8 Å². The molecule has 0 atom stereocenters. The van der Waals surface area contributed by atoms with Gasteiger partial charge in [-0.05, 0) is 36.6 Å². The number of piperidine rings is 1. The zero-order valence-corrected chi connectivity index (χ0v) is 15.8. The second kappa shape index (κ2) is 6.94. The molecule has 0 aromatic carbocycles. The molecular weight excluding hydrogens is 366 g/mol. The molecule has 0 bridgehead atoms. The van der Waals surface area contributed by atoms with Crippen molar-refractivity contribution in [1.82, 2.24) is 9.88 Å². The molecule has 1 fully saturated rings. The van der Waals surface area contributed by atoms with Crippen LogP contribution < -0.4 is 5.32 Å². The predicted octanol–water partition coefficient (Wildman–Crippen LogP) is 2.59. The summed E-state index contributed by atoms with van der Waals surface area (Å²) in [6.45, 7) is 1.72. The standard InChI is InChI=1S/C19H21N3O4S/c1-20-16-12(3-2-7-21-16)17(23)22-8-5-19(6-9-22)13-11-15(18(24)25)27-14(13)4-10-26-19/h2-3,7,11H,4-6,8-10H2,1H3,(H,20,21)(H,24,25). The Morgan fingerprint density at radius 3 is 2.85 bits per heavy atom. The number of carboxylic acids is 1. The van der Waals surface area contributed by atoms with E-state index in [0.717, 1.165) is 16.9 Å². The van der Waals surface area contributed by atoms with E-state index >= 15 is 0 Å². The highest BCUT2D eigenvalue weighted by atomic mass is 32.1. The molecule has 2 aliphatic rings. The highest BCUT2D eigenvalue weighted by molar-refractivity contribution is 7.14. The van der Waals surface area contributed by atoms with Crippen molar-refractivity contribution in [2.75, 3.05) is 32.1 Å². The molecule has 2 N–H and O–H groups in total. The Balaban J connectivity index is 1.54.